The second-order valence-corrected chi connectivity index (χ2v) is 4.89. The summed E-state index contributed by atoms with van der Waals surface area (Å²) in [6.45, 7) is 1.89. The highest BCUT2D eigenvalue weighted by Crippen LogP contribution is 2.29. The molecule has 3 rings (SSSR count). The van der Waals surface area contributed by atoms with Crippen LogP contribution in [0.4, 0.5) is 0 Å². The Balaban J connectivity index is 2.35. The van der Waals surface area contributed by atoms with Crippen molar-refractivity contribution in [3.05, 3.63) is 52.7 Å². The number of fused-ring (bicyclic) bond motifs is 1. The van der Waals surface area contributed by atoms with Crippen molar-refractivity contribution >= 4 is 28.5 Å². The maximum atomic E-state index is 11.4. The lowest BCUT2D eigenvalue weighted by atomic mass is 10.1. The van der Waals surface area contributed by atoms with E-state index < -0.39 is 5.97 Å². The number of carboxylic acids is 1. The van der Waals surface area contributed by atoms with E-state index in [1.807, 2.05) is 6.92 Å². The van der Waals surface area contributed by atoms with Crippen LogP contribution in [0.3, 0.4) is 0 Å². The summed E-state index contributed by atoms with van der Waals surface area (Å²) in [4.78, 5) is 15.8. The summed E-state index contributed by atoms with van der Waals surface area (Å²) in [6, 6.07) is 8.37. The zero-order chi connectivity index (χ0) is 14.3. The van der Waals surface area contributed by atoms with Gasteiger partial charge in [0.15, 0.2) is 5.76 Å². The summed E-state index contributed by atoms with van der Waals surface area (Å²) in [5.74, 6) is -0.504. The van der Waals surface area contributed by atoms with Crippen molar-refractivity contribution in [2.24, 2.45) is 0 Å². The van der Waals surface area contributed by atoms with Crippen molar-refractivity contribution in [3.63, 3.8) is 0 Å². The average Bonchev–Trinajstić information content (AvgIpc) is 2.85. The molecule has 5 heteroatoms. The highest BCUT2D eigenvalue weighted by molar-refractivity contribution is 6.35. The Morgan fingerprint density at radius 2 is 2.15 bits per heavy atom. The Hall–Kier alpha value is -2.33. The Morgan fingerprint density at radius 1 is 1.35 bits per heavy atom. The van der Waals surface area contributed by atoms with Gasteiger partial charge in [0.25, 0.3) is 0 Å². The van der Waals surface area contributed by atoms with Gasteiger partial charge in [-0.25, -0.2) is 9.78 Å². The highest BCUT2D eigenvalue weighted by atomic mass is 35.5. The number of rotatable bonds is 2. The molecule has 0 bridgehead atoms. The third kappa shape index (κ3) is 2.04. The zero-order valence-electron chi connectivity index (χ0n) is 10.6. The molecule has 0 unspecified atom stereocenters. The van der Waals surface area contributed by atoms with Gasteiger partial charge in [-0.1, -0.05) is 23.7 Å². The number of aromatic carboxylic acids is 1. The van der Waals surface area contributed by atoms with Crippen molar-refractivity contribution in [1.29, 1.82) is 0 Å². The van der Waals surface area contributed by atoms with Gasteiger partial charge in [0.05, 0.1) is 22.4 Å². The van der Waals surface area contributed by atoms with Crippen LogP contribution in [0.1, 0.15) is 15.9 Å². The number of hydrogen-bond acceptors (Lipinski definition) is 3. The molecule has 2 heterocycles. The molecular formula is C15H10ClNO3. The molecule has 100 valence electrons. The topological polar surface area (TPSA) is 63.3 Å². The van der Waals surface area contributed by atoms with E-state index in [0.29, 0.717) is 27.4 Å². The van der Waals surface area contributed by atoms with E-state index in [0.717, 1.165) is 5.56 Å². The van der Waals surface area contributed by atoms with Crippen molar-refractivity contribution in [2.75, 3.05) is 0 Å². The molecule has 0 fully saturated rings. The van der Waals surface area contributed by atoms with Crippen LogP contribution in [0, 0.1) is 6.92 Å². The van der Waals surface area contributed by atoms with Crippen LogP contribution in [0.5, 0.6) is 0 Å². The molecule has 0 saturated heterocycles. The Bertz CT molecular complexity index is 823. The van der Waals surface area contributed by atoms with Crippen LogP contribution < -0.4 is 0 Å². The highest BCUT2D eigenvalue weighted by Gasteiger charge is 2.15. The molecule has 3 aromatic rings. The van der Waals surface area contributed by atoms with Crippen LogP contribution in [0.2, 0.25) is 5.02 Å². The van der Waals surface area contributed by atoms with Crippen LogP contribution in [-0.2, 0) is 0 Å². The molecule has 20 heavy (non-hydrogen) atoms. The second-order valence-electron chi connectivity index (χ2n) is 4.48. The molecule has 0 aliphatic heterocycles. The predicted molar refractivity (Wildman–Crippen MR) is 76.2 cm³/mol. The first kappa shape index (κ1) is 12.7. The van der Waals surface area contributed by atoms with Crippen molar-refractivity contribution < 1.29 is 14.3 Å². The van der Waals surface area contributed by atoms with Crippen LogP contribution in [-0.4, -0.2) is 16.1 Å². The fourth-order valence-corrected chi connectivity index (χ4v) is 2.30. The van der Waals surface area contributed by atoms with Gasteiger partial charge in [-0.2, -0.15) is 0 Å². The Labute approximate surface area is 119 Å². The third-order valence-corrected chi connectivity index (χ3v) is 3.31. The molecule has 2 aromatic heterocycles. The van der Waals surface area contributed by atoms with E-state index in [1.54, 1.807) is 30.5 Å². The number of furan rings is 1. The molecule has 1 aromatic carbocycles. The standard InChI is InChI=1S/C15H10ClNO3/c1-8-5-13(20-7-8)12-6-10(15(18)19)9-3-2-4-11(16)14(9)17-12/h2-7H,1H3,(H,18,19). The quantitative estimate of drug-likeness (QED) is 0.769. The van der Waals surface area contributed by atoms with Crippen molar-refractivity contribution in [1.82, 2.24) is 4.98 Å². The third-order valence-electron chi connectivity index (χ3n) is 3.00. The fourth-order valence-electron chi connectivity index (χ4n) is 2.08. The van der Waals surface area contributed by atoms with Gasteiger partial charge in [-0.05, 0) is 30.7 Å². The van der Waals surface area contributed by atoms with Gasteiger partial charge in [-0.15, -0.1) is 0 Å². The zero-order valence-corrected chi connectivity index (χ0v) is 11.3. The second kappa shape index (κ2) is 4.65. The number of carbonyl (C=O) groups is 1. The van der Waals surface area contributed by atoms with Crippen molar-refractivity contribution in [2.45, 2.75) is 6.92 Å². The summed E-state index contributed by atoms with van der Waals surface area (Å²) < 4.78 is 5.38. The van der Waals surface area contributed by atoms with Crippen LogP contribution >= 0.6 is 11.6 Å². The smallest absolute Gasteiger partial charge is 0.336 e. The monoisotopic (exact) mass is 287 g/mol. The summed E-state index contributed by atoms with van der Waals surface area (Å²) in [6.07, 6.45) is 1.59. The minimum atomic E-state index is -1.02. The number of aryl methyl sites for hydroxylation is 1. The summed E-state index contributed by atoms with van der Waals surface area (Å²) in [5.41, 5.74) is 2.01. The Morgan fingerprint density at radius 3 is 2.80 bits per heavy atom. The number of benzene rings is 1. The fraction of sp³-hybridized carbons (Fsp3) is 0.0667. The van der Waals surface area contributed by atoms with E-state index >= 15 is 0 Å². The van der Waals surface area contributed by atoms with Gasteiger partial charge < -0.3 is 9.52 Å². The minimum Gasteiger partial charge on any atom is -0.478 e. The number of carboxylic acid groups (broad SMARTS) is 1. The van der Waals surface area contributed by atoms with Crippen LogP contribution in [0.25, 0.3) is 22.4 Å². The number of pyridine rings is 1. The average molecular weight is 288 g/mol. The van der Waals surface area contributed by atoms with E-state index in [2.05, 4.69) is 4.98 Å². The van der Waals surface area contributed by atoms with E-state index in [4.69, 9.17) is 16.0 Å². The lowest BCUT2D eigenvalue weighted by Gasteiger charge is -2.06. The van der Waals surface area contributed by atoms with E-state index in [1.165, 1.54) is 6.07 Å². The molecule has 0 aliphatic rings. The van der Waals surface area contributed by atoms with Crippen LogP contribution in [0.15, 0.2) is 41.0 Å². The lowest BCUT2D eigenvalue weighted by molar-refractivity contribution is 0.0699. The first-order valence-electron chi connectivity index (χ1n) is 5.94. The molecule has 4 nitrogen and oxygen atoms in total. The molecule has 0 aliphatic carbocycles. The number of aromatic nitrogens is 1. The molecular weight excluding hydrogens is 278 g/mol. The number of para-hydroxylation sites is 1. The summed E-state index contributed by atoms with van der Waals surface area (Å²) >= 11 is 6.11. The van der Waals surface area contributed by atoms with Gasteiger partial charge in [0.2, 0.25) is 0 Å². The van der Waals surface area contributed by atoms with E-state index in [9.17, 15) is 9.90 Å². The maximum Gasteiger partial charge on any atom is 0.336 e. The summed E-state index contributed by atoms with van der Waals surface area (Å²) in [7, 11) is 0. The largest absolute Gasteiger partial charge is 0.478 e. The molecule has 0 spiro atoms. The minimum absolute atomic E-state index is 0.154. The molecule has 0 atom stereocenters. The summed E-state index contributed by atoms with van der Waals surface area (Å²) in [5, 5.41) is 10.3. The van der Waals surface area contributed by atoms with Crippen molar-refractivity contribution in [3.8, 4) is 11.5 Å². The van der Waals surface area contributed by atoms with Gasteiger partial charge in [-0.3, -0.25) is 0 Å². The molecule has 1 N–H and O–H groups in total. The van der Waals surface area contributed by atoms with E-state index in [-0.39, 0.29) is 5.56 Å². The van der Waals surface area contributed by atoms with Gasteiger partial charge in [0.1, 0.15) is 5.69 Å². The first-order valence-corrected chi connectivity index (χ1v) is 6.32. The molecule has 0 saturated carbocycles. The molecule has 0 radical (unpaired) electrons. The predicted octanol–water partition coefficient (Wildman–Crippen LogP) is 4.15. The first-order chi connectivity index (χ1) is 9.56. The number of hydrogen-bond donors (Lipinski definition) is 1. The number of halogens is 1. The lowest BCUT2D eigenvalue weighted by Crippen LogP contribution is -2.00. The van der Waals surface area contributed by atoms with Gasteiger partial charge >= 0.3 is 5.97 Å². The van der Waals surface area contributed by atoms with Gasteiger partial charge in [0, 0.05) is 5.39 Å². The SMILES string of the molecule is Cc1coc(-c2cc(C(=O)O)c3cccc(Cl)c3n2)c1. The Kier molecular flexibility index (Phi) is 2.95. The molecule has 0 amide bonds. The maximum absolute atomic E-state index is 11.4. The normalized spacial score (nSPS) is 10.9. The number of nitrogens with zero attached hydrogens (tertiary/aromatic N) is 1.